The van der Waals surface area contributed by atoms with E-state index in [4.69, 9.17) is 5.11 Å². The molecule has 2 nitrogen and oxygen atoms in total. The standard InChI is InChI=1S/C11H14O2/c1-8-4-3-5-9(2)10(8)6-7-11(12)13/h3-5H,6-7H2,1-2H3,(H,12,13). The Morgan fingerprint density at radius 1 is 1.31 bits per heavy atom. The Morgan fingerprint density at radius 3 is 2.31 bits per heavy atom. The van der Waals surface area contributed by atoms with Gasteiger partial charge in [0.2, 0.25) is 0 Å². The fourth-order valence-electron chi connectivity index (χ4n) is 1.48. The second-order valence-electron chi connectivity index (χ2n) is 3.26. The lowest BCUT2D eigenvalue weighted by atomic mass is 9.99. The number of carboxylic acid groups (broad SMARTS) is 1. The zero-order valence-electron chi connectivity index (χ0n) is 8.00. The SMILES string of the molecule is Cc1cccc(C)c1CCC(=O)O. The highest BCUT2D eigenvalue weighted by Crippen LogP contribution is 2.14. The largest absolute Gasteiger partial charge is 0.481 e. The minimum absolute atomic E-state index is 0.214. The number of carbonyl (C=O) groups is 1. The number of benzene rings is 1. The van der Waals surface area contributed by atoms with E-state index in [-0.39, 0.29) is 6.42 Å². The topological polar surface area (TPSA) is 37.3 Å². The second kappa shape index (κ2) is 4.08. The van der Waals surface area contributed by atoms with Crippen LogP contribution < -0.4 is 0 Å². The first-order valence-corrected chi connectivity index (χ1v) is 4.38. The first kappa shape index (κ1) is 9.78. The Bertz CT molecular complexity index is 296. The number of aryl methyl sites for hydroxylation is 2. The van der Waals surface area contributed by atoms with Crippen LogP contribution in [0.1, 0.15) is 23.1 Å². The van der Waals surface area contributed by atoms with Crippen molar-refractivity contribution in [3.63, 3.8) is 0 Å². The van der Waals surface area contributed by atoms with Crippen LogP contribution >= 0.6 is 0 Å². The first-order valence-electron chi connectivity index (χ1n) is 4.38. The number of carboxylic acids is 1. The summed E-state index contributed by atoms with van der Waals surface area (Å²) in [6, 6.07) is 6.03. The molecule has 0 aliphatic rings. The van der Waals surface area contributed by atoms with Gasteiger partial charge in [-0.25, -0.2) is 0 Å². The summed E-state index contributed by atoms with van der Waals surface area (Å²) in [5.74, 6) is -0.734. The van der Waals surface area contributed by atoms with Crippen molar-refractivity contribution in [2.24, 2.45) is 0 Å². The molecule has 0 atom stereocenters. The van der Waals surface area contributed by atoms with Gasteiger partial charge in [-0.15, -0.1) is 0 Å². The molecule has 0 unspecified atom stereocenters. The molecule has 1 rings (SSSR count). The van der Waals surface area contributed by atoms with Crippen LogP contribution in [-0.4, -0.2) is 11.1 Å². The van der Waals surface area contributed by atoms with E-state index in [0.29, 0.717) is 6.42 Å². The maximum atomic E-state index is 10.4. The molecule has 0 spiro atoms. The van der Waals surface area contributed by atoms with Crippen molar-refractivity contribution in [3.8, 4) is 0 Å². The molecule has 0 fully saturated rings. The van der Waals surface area contributed by atoms with Crippen LogP contribution in [0.3, 0.4) is 0 Å². The van der Waals surface area contributed by atoms with E-state index in [0.717, 1.165) is 0 Å². The molecular formula is C11H14O2. The van der Waals surface area contributed by atoms with Crippen molar-refractivity contribution >= 4 is 5.97 Å². The van der Waals surface area contributed by atoms with Crippen LogP contribution in [0.4, 0.5) is 0 Å². The predicted molar refractivity (Wildman–Crippen MR) is 51.9 cm³/mol. The molecule has 0 bridgehead atoms. The lowest BCUT2D eigenvalue weighted by molar-refractivity contribution is -0.136. The van der Waals surface area contributed by atoms with Gasteiger partial charge in [0, 0.05) is 6.42 Å². The van der Waals surface area contributed by atoms with Crippen LogP contribution in [-0.2, 0) is 11.2 Å². The number of hydrogen-bond donors (Lipinski definition) is 1. The lowest BCUT2D eigenvalue weighted by Crippen LogP contribution is -2.00. The van der Waals surface area contributed by atoms with E-state index in [1.807, 2.05) is 32.0 Å². The van der Waals surface area contributed by atoms with Gasteiger partial charge in [-0.1, -0.05) is 18.2 Å². The van der Waals surface area contributed by atoms with Gasteiger partial charge in [0.15, 0.2) is 0 Å². The van der Waals surface area contributed by atoms with Crippen LogP contribution in [0.2, 0.25) is 0 Å². The highest BCUT2D eigenvalue weighted by atomic mass is 16.4. The average molecular weight is 178 g/mol. The molecule has 1 aromatic carbocycles. The summed E-state index contributed by atoms with van der Waals surface area (Å²) < 4.78 is 0. The third-order valence-electron chi connectivity index (χ3n) is 2.23. The van der Waals surface area contributed by atoms with Gasteiger partial charge < -0.3 is 5.11 Å². The highest BCUT2D eigenvalue weighted by molar-refractivity contribution is 5.67. The average Bonchev–Trinajstić information content (AvgIpc) is 2.03. The quantitative estimate of drug-likeness (QED) is 0.771. The fraction of sp³-hybridized carbons (Fsp3) is 0.364. The number of hydrogen-bond acceptors (Lipinski definition) is 1. The van der Waals surface area contributed by atoms with Gasteiger partial charge in [-0.3, -0.25) is 4.79 Å². The Morgan fingerprint density at radius 2 is 1.85 bits per heavy atom. The zero-order chi connectivity index (χ0) is 9.84. The van der Waals surface area contributed by atoms with E-state index in [9.17, 15) is 4.79 Å². The van der Waals surface area contributed by atoms with Gasteiger partial charge in [0.1, 0.15) is 0 Å². The maximum absolute atomic E-state index is 10.4. The van der Waals surface area contributed by atoms with Gasteiger partial charge in [0.25, 0.3) is 0 Å². The van der Waals surface area contributed by atoms with E-state index < -0.39 is 5.97 Å². The number of aliphatic carboxylic acids is 1. The fourth-order valence-corrected chi connectivity index (χ4v) is 1.48. The Balaban J connectivity index is 2.81. The molecule has 0 saturated carbocycles. The molecule has 1 N–H and O–H groups in total. The molecule has 1 aromatic rings. The van der Waals surface area contributed by atoms with E-state index in [1.54, 1.807) is 0 Å². The molecule has 0 saturated heterocycles. The normalized spacial score (nSPS) is 10.0. The van der Waals surface area contributed by atoms with Crippen molar-refractivity contribution in [1.82, 2.24) is 0 Å². The lowest BCUT2D eigenvalue weighted by Gasteiger charge is -2.07. The third-order valence-corrected chi connectivity index (χ3v) is 2.23. The summed E-state index contributed by atoms with van der Waals surface area (Å²) >= 11 is 0. The Hall–Kier alpha value is -1.31. The summed E-state index contributed by atoms with van der Waals surface area (Å²) in [5.41, 5.74) is 3.53. The molecule has 0 radical (unpaired) electrons. The van der Waals surface area contributed by atoms with Gasteiger partial charge in [-0.05, 0) is 37.0 Å². The molecule has 0 aromatic heterocycles. The Kier molecular flexibility index (Phi) is 3.07. The first-order chi connectivity index (χ1) is 6.11. The molecule has 0 aliphatic carbocycles. The van der Waals surface area contributed by atoms with Gasteiger partial charge in [-0.2, -0.15) is 0 Å². The summed E-state index contributed by atoms with van der Waals surface area (Å²) in [4.78, 5) is 10.4. The van der Waals surface area contributed by atoms with Crippen molar-refractivity contribution < 1.29 is 9.90 Å². The van der Waals surface area contributed by atoms with Gasteiger partial charge >= 0.3 is 5.97 Å². The van der Waals surface area contributed by atoms with E-state index in [1.165, 1.54) is 16.7 Å². The van der Waals surface area contributed by atoms with E-state index in [2.05, 4.69) is 0 Å². The van der Waals surface area contributed by atoms with Crippen molar-refractivity contribution in [2.75, 3.05) is 0 Å². The van der Waals surface area contributed by atoms with Crippen molar-refractivity contribution in [3.05, 3.63) is 34.9 Å². The molecule has 0 aliphatic heterocycles. The third kappa shape index (κ3) is 2.58. The maximum Gasteiger partial charge on any atom is 0.303 e. The molecular weight excluding hydrogens is 164 g/mol. The van der Waals surface area contributed by atoms with E-state index >= 15 is 0 Å². The van der Waals surface area contributed by atoms with Crippen LogP contribution in [0.15, 0.2) is 18.2 Å². The van der Waals surface area contributed by atoms with Crippen LogP contribution in [0.5, 0.6) is 0 Å². The van der Waals surface area contributed by atoms with Gasteiger partial charge in [0.05, 0.1) is 0 Å². The minimum atomic E-state index is -0.734. The number of rotatable bonds is 3. The van der Waals surface area contributed by atoms with Crippen molar-refractivity contribution in [1.29, 1.82) is 0 Å². The Labute approximate surface area is 78.2 Å². The van der Waals surface area contributed by atoms with Crippen LogP contribution in [0, 0.1) is 13.8 Å². The second-order valence-corrected chi connectivity index (χ2v) is 3.26. The molecule has 70 valence electrons. The molecule has 0 amide bonds. The summed E-state index contributed by atoms with van der Waals surface area (Å²) in [6.45, 7) is 4.04. The monoisotopic (exact) mass is 178 g/mol. The summed E-state index contributed by atoms with van der Waals surface area (Å²) in [5, 5.41) is 8.56. The molecule has 13 heavy (non-hydrogen) atoms. The zero-order valence-corrected chi connectivity index (χ0v) is 8.00. The molecule has 0 heterocycles. The minimum Gasteiger partial charge on any atom is -0.481 e. The smallest absolute Gasteiger partial charge is 0.303 e. The summed E-state index contributed by atoms with van der Waals surface area (Å²) in [7, 11) is 0. The van der Waals surface area contributed by atoms with Crippen LogP contribution in [0.25, 0.3) is 0 Å². The summed E-state index contributed by atoms with van der Waals surface area (Å²) in [6.07, 6.45) is 0.847. The van der Waals surface area contributed by atoms with Crippen molar-refractivity contribution in [2.45, 2.75) is 26.7 Å². The molecule has 2 heteroatoms. The highest BCUT2D eigenvalue weighted by Gasteiger charge is 2.04. The predicted octanol–water partition coefficient (Wildman–Crippen LogP) is 2.32.